The fraction of sp³-hybridized carbons (Fsp3) is 0.222. The molecule has 0 radical (unpaired) electrons. The molecule has 1 unspecified atom stereocenters. The number of urea groups is 1. The van der Waals surface area contributed by atoms with E-state index in [0.29, 0.717) is 13.0 Å². The summed E-state index contributed by atoms with van der Waals surface area (Å²) in [5.74, 6) is -0.736. The minimum Gasteiger partial charge on any atom is -0.356 e. The van der Waals surface area contributed by atoms with Crippen LogP contribution in [0.5, 0.6) is 0 Å². The molecule has 0 bridgehead atoms. The Morgan fingerprint density at radius 3 is 2.56 bits per heavy atom. The highest BCUT2D eigenvalue weighted by Crippen LogP contribution is 2.18. The molecule has 1 saturated heterocycles. The highest BCUT2D eigenvalue weighted by atomic mass is 16.2. The van der Waals surface area contributed by atoms with Crippen LogP contribution < -0.4 is 16.0 Å². The van der Waals surface area contributed by atoms with E-state index in [1.54, 1.807) is 6.20 Å². The van der Waals surface area contributed by atoms with Crippen molar-refractivity contribution < 1.29 is 14.4 Å². The SMILES string of the molecule is O=C(CC1NC(=O)NC1=O)NCCc1ccc(-c2cccnc2)cc1. The quantitative estimate of drug-likeness (QED) is 0.684. The molecule has 1 aromatic carbocycles. The van der Waals surface area contributed by atoms with Gasteiger partial charge in [0.05, 0.1) is 6.42 Å². The summed E-state index contributed by atoms with van der Waals surface area (Å²) in [6.45, 7) is 0.466. The predicted molar refractivity (Wildman–Crippen MR) is 91.5 cm³/mol. The second-order valence-corrected chi connectivity index (χ2v) is 5.76. The van der Waals surface area contributed by atoms with E-state index in [4.69, 9.17) is 0 Å². The fourth-order valence-electron chi connectivity index (χ4n) is 2.60. The Morgan fingerprint density at radius 2 is 1.92 bits per heavy atom. The summed E-state index contributed by atoms with van der Waals surface area (Å²) in [5.41, 5.74) is 3.24. The number of rotatable bonds is 6. The Bertz CT molecular complexity index is 775. The Morgan fingerprint density at radius 1 is 1.12 bits per heavy atom. The third-order valence-corrected chi connectivity index (χ3v) is 3.93. The standard InChI is InChI=1S/C18H18N4O3/c23-16(10-15-17(24)22-18(25)21-15)20-9-7-12-3-5-13(6-4-12)14-2-1-8-19-11-14/h1-6,8,11,15H,7,9-10H2,(H,20,23)(H2,21,22,24,25). The largest absolute Gasteiger partial charge is 0.356 e. The number of nitrogens with zero attached hydrogens (tertiary/aromatic N) is 1. The Balaban J connectivity index is 1.45. The summed E-state index contributed by atoms with van der Waals surface area (Å²) in [5, 5.41) is 7.26. The molecule has 25 heavy (non-hydrogen) atoms. The zero-order chi connectivity index (χ0) is 17.6. The first-order chi connectivity index (χ1) is 12.1. The number of carbonyl (C=O) groups excluding carboxylic acids is 3. The molecule has 4 amide bonds. The van der Waals surface area contributed by atoms with Crippen molar-refractivity contribution in [1.29, 1.82) is 0 Å². The lowest BCUT2D eigenvalue weighted by Gasteiger charge is -2.09. The van der Waals surface area contributed by atoms with E-state index in [1.807, 2.05) is 42.6 Å². The molecule has 7 nitrogen and oxygen atoms in total. The van der Waals surface area contributed by atoms with E-state index in [1.165, 1.54) is 0 Å². The second kappa shape index (κ2) is 7.57. The van der Waals surface area contributed by atoms with Crippen LogP contribution in [-0.4, -0.2) is 35.4 Å². The third-order valence-electron chi connectivity index (χ3n) is 3.93. The molecule has 1 atom stereocenters. The first kappa shape index (κ1) is 16.6. The molecule has 128 valence electrons. The van der Waals surface area contributed by atoms with Crippen LogP contribution in [0, 0.1) is 0 Å². The minimum atomic E-state index is -0.786. The molecule has 0 saturated carbocycles. The van der Waals surface area contributed by atoms with Crippen LogP contribution in [0.1, 0.15) is 12.0 Å². The molecule has 3 N–H and O–H groups in total. The van der Waals surface area contributed by atoms with Gasteiger partial charge in [0.2, 0.25) is 5.91 Å². The van der Waals surface area contributed by atoms with Crippen molar-refractivity contribution in [2.75, 3.05) is 6.54 Å². The van der Waals surface area contributed by atoms with Crippen LogP contribution in [0.25, 0.3) is 11.1 Å². The van der Waals surface area contributed by atoms with Gasteiger partial charge in [-0.15, -0.1) is 0 Å². The molecular weight excluding hydrogens is 320 g/mol. The number of benzene rings is 1. The van der Waals surface area contributed by atoms with Crippen LogP contribution in [0.3, 0.4) is 0 Å². The predicted octanol–water partition coefficient (Wildman–Crippen LogP) is 1.01. The molecule has 1 aliphatic rings. The first-order valence-electron chi connectivity index (χ1n) is 7.99. The minimum absolute atomic E-state index is 0.0580. The van der Waals surface area contributed by atoms with Gasteiger partial charge in [-0.3, -0.25) is 19.9 Å². The van der Waals surface area contributed by atoms with E-state index >= 15 is 0 Å². The molecule has 7 heteroatoms. The normalized spacial score (nSPS) is 16.2. The number of pyridine rings is 1. The van der Waals surface area contributed by atoms with E-state index in [-0.39, 0.29) is 12.3 Å². The van der Waals surface area contributed by atoms with Gasteiger partial charge >= 0.3 is 6.03 Å². The molecular formula is C18H18N4O3. The summed E-state index contributed by atoms with van der Waals surface area (Å²) >= 11 is 0. The molecule has 1 fully saturated rings. The number of imide groups is 1. The van der Waals surface area contributed by atoms with E-state index < -0.39 is 18.0 Å². The maximum atomic E-state index is 11.8. The van der Waals surface area contributed by atoms with Crippen molar-refractivity contribution in [2.45, 2.75) is 18.9 Å². The van der Waals surface area contributed by atoms with Gasteiger partial charge in [-0.1, -0.05) is 30.3 Å². The molecule has 2 aromatic rings. The van der Waals surface area contributed by atoms with Gasteiger partial charge in [-0.2, -0.15) is 0 Å². The third kappa shape index (κ3) is 4.41. The van der Waals surface area contributed by atoms with Crippen molar-refractivity contribution >= 4 is 17.8 Å². The zero-order valence-electron chi connectivity index (χ0n) is 13.5. The summed E-state index contributed by atoms with van der Waals surface area (Å²) in [4.78, 5) is 38.3. The number of aromatic nitrogens is 1. The Labute approximate surface area is 144 Å². The van der Waals surface area contributed by atoms with Crippen LogP contribution in [0.4, 0.5) is 4.79 Å². The summed E-state index contributed by atoms with van der Waals surface area (Å²) in [7, 11) is 0. The topological polar surface area (TPSA) is 100 Å². The number of amides is 4. The molecule has 0 spiro atoms. The van der Waals surface area contributed by atoms with Gasteiger partial charge in [-0.05, 0) is 29.2 Å². The maximum Gasteiger partial charge on any atom is 0.322 e. The van der Waals surface area contributed by atoms with Crippen molar-refractivity contribution in [3.63, 3.8) is 0 Å². The van der Waals surface area contributed by atoms with Crippen molar-refractivity contribution in [3.8, 4) is 11.1 Å². The van der Waals surface area contributed by atoms with Crippen molar-refractivity contribution in [1.82, 2.24) is 20.9 Å². The summed E-state index contributed by atoms with van der Waals surface area (Å²) in [6.07, 6.45) is 4.17. The summed E-state index contributed by atoms with van der Waals surface area (Å²) < 4.78 is 0. The van der Waals surface area contributed by atoms with Gasteiger partial charge < -0.3 is 10.6 Å². The average molecular weight is 338 g/mol. The lowest BCUT2D eigenvalue weighted by molar-refractivity contribution is -0.126. The highest BCUT2D eigenvalue weighted by Gasteiger charge is 2.30. The van der Waals surface area contributed by atoms with Gasteiger partial charge in [0, 0.05) is 18.9 Å². The molecule has 2 heterocycles. The van der Waals surface area contributed by atoms with Crippen LogP contribution in [0.15, 0.2) is 48.8 Å². The lowest BCUT2D eigenvalue weighted by atomic mass is 10.0. The average Bonchev–Trinajstić information content (AvgIpc) is 2.93. The van der Waals surface area contributed by atoms with Gasteiger partial charge in [0.1, 0.15) is 6.04 Å². The van der Waals surface area contributed by atoms with E-state index in [2.05, 4.69) is 20.9 Å². The molecule has 1 aromatic heterocycles. The Kier molecular flexibility index (Phi) is 5.03. The number of carbonyl (C=O) groups is 3. The maximum absolute atomic E-state index is 11.8. The van der Waals surface area contributed by atoms with E-state index in [0.717, 1.165) is 16.7 Å². The Hall–Kier alpha value is -3.22. The second-order valence-electron chi connectivity index (χ2n) is 5.76. The molecule has 3 rings (SSSR count). The number of hydrogen-bond acceptors (Lipinski definition) is 4. The van der Waals surface area contributed by atoms with Gasteiger partial charge in [0.15, 0.2) is 0 Å². The molecule has 1 aliphatic heterocycles. The number of hydrogen-bond donors (Lipinski definition) is 3. The van der Waals surface area contributed by atoms with Crippen molar-refractivity contribution in [2.24, 2.45) is 0 Å². The summed E-state index contributed by atoms with van der Waals surface area (Å²) in [6, 6.07) is 10.6. The van der Waals surface area contributed by atoms with Crippen LogP contribution in [0.2, 0.25) is 0 Å². The number of nitrogens with one attached hydrogen (secondary N) is 3. The van der Waals surface area contributed by atoms with Crippen molar-refractivity contribution in [3.05, 3.63) is 54.4 Å². The van der Waals surface area contributed by atoms with Gasteiger partial charge in [-0.25, -0.2) is 4.79 Å². The highest BCUT2D eigenvalue weighted by molar-refractivity contribution is 6.05. The monoisotopic (exact) mass is 338 g/mol. The van der Waals surface area contributed by atoms with E-state index in [9.17, 15) is 14.4 Å². The van der Waals surface area contributed by atoms with Gasteiger partial charge in [0.25, 0.3) is 5.91 Å². The first-order valence-corrected chi connectivity index (χ1v) is 7.99. The lowest BCUT2D eigenvalue weighted by Crippen LogP contribution is -2.36. The molecule has 0 aliphatic carbocycles. The fourth-order valence-corrected chi connectivity index (χ4v) is 2.60. The smallest absolute Gasteiger partial charge is 0.322 e. The van der Waals surface area contributed by atoms with Crippen LogP contribution in [-0.2, 0) is 16.0 Å². The van der Waals surface area contributed by atoms with Crippen LogP contribution >= 0.6 is 0 Å². The zero-order valence-corrected chi connectivity index (χ0v) is 13.5.